The van der Waals surface area contributed by atoms with Crippen molar-refractivity contribution in [2.24, 2.45) is 0 Å². The number of nitrogens with one attached hydrogen (secondary N) is 1. The molecule has 0 saturated heterocycles. The predicted octanol–water partition coefficient (Wildman–Crippen LogP) is 0.896. The quantitative estimate of drug-likeness (QED) is 0.774. The molecule has 2 N–H and O–H groups in total. The van der Waals surface area contributed by atoms with Crippen molar-refractivity contribution in [1.82, 2.24) is 9.03 Å². The zero-order valence-corrected chi connectivity index (χ0v) is 11.5. The number of aliphatic hydroxyl groups is 1. The fraction of sp³-hybridized carbons (Fsp3) is 0.500. The summed E-state index contributed by atoms with van der Waals surface area (Å²) in [5.74, 6) is 0. The van der Waals surface area contributed by atoms with Crippen molar-refractivity contribution >= 4 is 10.2 Å². The van der Waals surface area contributed by atoms with E-state index in [-0.39, 0.29) is 12.6 Å². The summed E-state index contributed by atoms with van der Waals surface area (Å²) in [4.78, 5) is 0. The van der Waals surface area contributed by atoms with Gasteiger partial charge in [-0.25, -0.2) is 0 Å². The molecule has 0 radical (unpaired) electrons. The minimum atomic E-state index is -3.51. The van der Waals surface area contributed by atoms with Crippen LogP contribution in [-0.2, 0) is 10.2 Å². The first-order valence-electron chi connectivity index (χ1n) is 5.87. The van der Waals surface area contributed by atoms with E-state index in [4.69, 9.17) is 5.11 Å². The number of aliphatic hydroxyl groups excluding tert-OH is 1. The molecule has 0 heterocycles. The van der Waals surface area contributed by atoms with Crippen LogP contribution < -0.4 is 4.72 Å². The van der Waals surface area contributed by atoms with E-state index in [1.807, 2.05) is 30.3 Å². The molecule has 1 aromatic rings. The van der Waals surface area contributed by atoms with Gasteiger partial charge in [-0.1, -0.05) is 30.3 Å². The predicted molar refractivity (Wildman–Crippen MR) is 71.2 cm³/mol. The molecule has 0 amide bonds. The van der Waals surface area contributed by atoms with E-state index in [0.29, 0.717) is 13.0 Å². The highest BCUT2D eigenvalue weighted by atomic mass is 32.2. The lowest BCUT2D eigenvalue weighted by Crippen LogP contribution is -2.40. The Balaban J connectivity index is 2.65. The number of hydrogen-bond acceptors (Lipinski definition) is 3. The topological polar surface area (TPSA) is 69.6 Å². The molecule has 0 aliphatic carbocycles. The monoisotopic (exact) mass is 272 g/mol. The average Bonchev–Trinajstić information content (AvgIpc) is 2.36. The van der Waals surface area contributed by atoms with Gasteiger partial charge in [0.25, 0.3) is 10.2 Å². The summed E-state index contributed by atoms with van der Waals surface area (Å²) in [7, 11) is -2.01. The van der Waals surface area contributed by atoms with Crippen LogP contribution in [0.25, 0.3) is 0 Å². The van der Waals surface area contributed by atoms with Crippen molar-refractivity contribution < 1.29 is 13.5 Å². The van der Waals surface area contributed by atoms with Crippen LogP contribution in [0.2, 0.25) is 0 Å². The lowest BCUT2D eigenvalue weighted by Gasteiger charge is -2.21. The average molecular weight is 272 g/mol. The summed E-state index contributed by atoms with van der Waals surface area (Å²) < 4.78 is 27.7. The fourth-order valence-electron chi connectivity index (χ4n) is 1.54. The maximum Gasteiger partial charge on any atom is 0.279 e. The maximum absolute atomic E-state index is 12.0. The first-order chi connectivity index (χ1) is 8.47. The third-order valence-corrected chi connectivity index (χ3v) is 4.32. The molecule has 0 spiro atoms. The lowest BCUT2D eigenvalue weighted by atomic mass is 10.1. The summed E-state index contributed by atoms with van der Waals surface area (Å²) in [6.45, 7) is 2.08. The lowest BCUT2D eigenvalue weighted by molar-refractivity contribution is 0.275. The normalized spacial score (nSPS) is 13.8. The molecule has 6 heteroatoms. The van der Waals surface area contributed by atoms with Gasteiger partial charge in [0.1, 0.15) is 0 Å². The minimum absolute atomic E-state index is 0.0197. The molecule has 1 atom stereocenters. The van der Waals surface area contributed by atoms with Crippen molar-refractivity contribution in [3.8, 4) is 0 Å². The maximum atomic E-state index is 12.0. The summed E-state index contributed by atoms with van der Waals surface area (Å²) in [5.41, 5.74) is 0.914. The first kappa shape index (κ1) is 15.1. The number of benzene rings is 1. The van der Waals surface area contributed by atoms with Crippen molar-refractivity contribution in [3.63, 3.8) is 0 Å². The van der Waals surface area contributed by atoms with Gasteiger partial charge in [-0.15, -0.1) is 0 Å². The largest absolute Gasteiger partial charge is 0.396 e. The van der Waals surface area contributed by atoms with Crippen LogP contribution in [0.1, 0.15) is 24.9 Å². The molecule has 0 bridgehead atoms. The van der Waals surface area contributed by atoms with E-state index in [1.165, 1.54) is 11.4 Å². The van der Waals surface area contributed by atoms with E-state index in [0.717, 1.165) is 5.56 Å². The molecule has 1 rings (SSSR count). The standard InChI is InChI=1S/C12H20N2O3S/c1-11(12-7-4-3-5-8-12)13-18(16,17)14(2)9-6-10-15/h3-5,7-8,11,13,15H,6,9-10H2,1-2H3. The van der Waals surface area contributed by atoms with E-state index < -0.39 is 10.2 Å². The van der Waals surface area contributed by atoms with E-state index >= 15 is 0 Å². The molecule has 0 saturated carbocycles. The zero-order valence-electron chi connectivity index (χ0n) is 10.7. The minimum Gasteiger partial charge on any atom is -0.396 e. The second-order valence-corrected chi connectivity index (χ2v) is 5.96. The second-order valence-electron chi connectivity index (χ2n) is 4.15. The number of hydrogen-bond donors (Lipinski definition) is 2. The van der Waals surface area contributed by atoms with Gasteiger partial charge < -0.3 is 5.11 Å². The van der Waals surface area contributed by atoms with Crippen molar-refractivity contribution in [2.45, 2.75) is 19.4 Å². The summed E-state index contributed by atoms with van der Waals surface area (Å²) in [6, 6.07) is 9.10. The van der Waals surface area contributed by atoms with Gasteiger partial charge in [0.2, 0.25) is 0 Å². The van der Waals surface area contributed by atoms with Crippen LogP contribution in [-0.4, -0.2) is 38.0 Å². The Morgan fingerprint density at radius 2 is 1.94 bits per heavy atom. The molecule has 1 aromatic carbocycles. The van der Waals surface area contributed by atoms with E-state index in [9.17, 15) is 8.42 Å². The van der Waals surface area contributed by atoms with Crippen LogP contribution >= 0.6 is 0 Å². The summed E-state index contributed by atoms with van der Waals surface area (Å²) >= 11 is 0. The molecular formula is C12H20N2O3S. The molecule has 1 unspecified atom stereocenters. The second kappa shape index (κ2) is 6.84. The van der Waals surface area contributed by atoms with E-state index in [2.05, 4.69) is 4.72 Å². The summed E-state index contributed by atoms with van der Waals surface area (Å²) in [6.07, 6.45) is 0.428. The highest BCUT2D eigenvalue weighted by Gasteiger charge is 2.20. The van der Waals surface area contributed by atoms with Crippen molar-refractivity contribution in [2.75, 3.05) is 20.2 Å². The Morgan fingerprint density at radius 1 is 1.33 bits per heavy atom. The molecule has 0 aromatic heterocycles. The van der Waals surface area contributed by atoms with Gasteiger partial charge in [-0.2, -0.15) is 17.4 Å². The zero-order chi connectivity index (χ0) is 13.6. The van der Waals surface area contributed by atoms with Crippen LogP contribution in [0, 0.1) is 0 Å². The highest BCUT2D eigenvalue weighted by Crippen LogP contribution is 2.13. The first-order valence-corrected chi connectivity index (χ1v) is 7.31. The Kier molecular flexibility index (Phi) is 5.74. The Labute approximate surface area is 109 Å². The third kappa shape index (κ3) is 4.38. The molecular weight excluding hydrogens is 252 g/mol. The van der Waals surface area contributed by atoms with E-state index in [1.54, 1.807) is 6.92 Å². The van der Waals surface area contributed by atoms with Gasteiger partial charge >= 0.3 is 0 Å². The van der Waals surface area contributed by atoms with Crippen molar-refractivity contribution in [1.29, 1.82) is 0 Å². The van der Waals surface area contributed by atoms with Crippen LogP contribution in [0.4, 0.5) is 0 Å². The number of nitrogens with zero attached hydrogens (tertiary/aromatic N) is 1. The molecule has 0 fully saturated rings. The molecule has 0 aliphatic heterocycles. The van der Waals surface area contributed by atoms with Crippen LogP contribution in [0.3, 0.4) is 0 Å². The number of rotatable bonds is 7. The molecule has 5 nitrogen and oxygen atoms in total. The Bertz CT molecular complexity index is 448. The SMILES string of the molecule is CC(NS(=O)(=O)N(C)CCCO)c1ccccc1. The van der Waals surface area contributed by atoms with Gasteiger partial charge in [-0.3, -0.25) is 0 Å². The molecule has 0 aliphatic rings. The highest BCUT2D eigenvalue weighted by molar-refractivity contribution is 7.87. The van der Waals surface area contributed by atoms with Gasteiger partial charge in [-0.05, 0) is 18.9 Å². The van der Waals surface area contributed by atoms with Crippen LogP contribution in [0.15, 0.2) is 30.3 Å². The van der Waals surface area contributed by atoms with Crippen molar-refractivity contribution in [3.05, 3.63) is 35.9 Å². The fourth-order valence-corrected chi connectivity index (χ4v) is 2.67. The van der Waals surface area contributed by atoms with Gasteiger partial charge in [0, 0.05) is 26.2 Å². The van der Waals surface area contributed by atoms with Gasteiger partial charge in [0.15, 0.2) is 0 Å². The Hall–Kier alpha value is -0.950. The molecule has 18 heavy (non-hydrogen) atoms. The Morgan fingerprint density at radius 3 is 2.50 bits per heavy atom. The van der Waals surface area contributed by atoms with Crippen LogP contribution in [0.5, 0.6) is 0 Å². The molecule has 102 valence electrons. The third-order valence-electron chi connectivity index (χ3n) is 2.67. The summed E-state index contributed by atoms with van der Waals surface area (Å²) in [5, 5.41) is 8.70. The smallest absolute Gasteiger partial charge is 0.279 e. The van der Waals surface area contributed by atoms with Gasteiger partial charge in [0.05, 0.1) is 0 Å².